The van der Waals surface area contributed by atoms with Gasteiger partial charge in [0.05, 0.1) is 5.25 Å². The molecule has 1 unspecified atom stereocenters. The standard InChI is InChI=1S/C17H19N5OS2/c1-3-22-14(11-13-7-5-4-6-8-13)20-21-17(22)25-12(2)15(23)19-16-18-9-10-24-16/h4-10,12H,3,11H2,1-2H3,(H,18,19,23). The lowest BCUT2D eigenvalue weighted by Crippen LogP contribution is -2.22. The minimum atomic E-state index is -0.289. The molecule has 0 radical (unpaired) electrons. The number of benzene rings is 1. The number of amides is 1. The van der Waals surface area contributed by atoms with Crippen LogP contribution in [0.5, 0.6) is 0 Å². The summed E-state index contributed by atoms with van der Waals surface area (Å²) in [6.07, 6.45) is 2.39. The van der Waals surface area contributed by atoms with Crippen molar-refractivity contribution in [3.05, 3.63) is 53.3 Å². The lowest BCUT2D eigenvalue weighted by atomic mass is 10.1. The van der Waals surface area contributed by atoms with E-state index in [4.69, 9.17) is 0 Å². The maximum absolute atomic E-state index is 12.3. The third-order valence-electron chi connectivity index (χ3n) is 3.63. The molecule has 1 amide bonds. The smallest absolute Gasteiger partial charge is 0.239 e. The predicted molar refractivity (Wildman–Crippen MR) is 101 cm³/mol. The van der Waals surface area contributed by atoms with E-state index >= 15 is 0 Å². The average Bonchev–Trinajstić information content (AvgIpc) is 3.25. The van der Waals surface area contributed by atoms with Crippen molar-refractivity contribution < 1.29 is 4.79 Å². The lowest BCUT2D eigenvalue weighted by molar-refractivity contribution is -0.115. The van der Waals surface area contributed by atoms with Gasteiger partial charge in [-0.1, -0.05) is 42.1 Å². The molecule has 0 bridgehead atoms. The molecule has 0 aliphatic heterocycles. The SMILES string of the molecule is CCn1c(Cc2ccccc2)nnc1SC(C)C(=O)Nc1nccs1. The van der Waals surface area contributed by atoms with E-state index in [9.17, 15) is 4.79 Å². The van der Waals surface area contributed by atoms with E-state index in [-0.39, 0.29) is 11.2 Å². The van der Waals surface area contributed by atoms with Crippen LogP contribution in [0.15, 0.2) is 47.1 Å². The van der Waals surface area contributed by atoms with Crippen LogP contribution in [0.25, 0.3) is 0 Å². The number of thiazole rings is 1. The summed E-state index contributed by atoms with van der Waals surface area (Å²) in [5.41, 5.74) is 1.19. The molecule has 25 heavy (non-hydrogen) atoms. The second-order valence-corrected chi connectivity index (χ2v) is 7.59. The van der Waals surface area contributed by atoms with Gasteiger partial charge < -0.3 is 9.88 Å². The van der Waals surface area contributed by atoms with Crippen LogP contribution in [0.4, 0.5) is 5.13 Å². The van der Waals surface area contributed by atoms with Gasteiger partial charge in [0.15, 0.2) is 10.3 Å². The van der Waals surface area contributed by atoms with Gasteiger partial charge in [-0.05, 0) is 19.4 Å². The molecular weight excluding hydrogens is 354 g/mol. The molecule has 0 spiro atoms. The first-order chi connectivity index (χ1) is 12.2. The summed E-state index contributed by atoms with van der Waals surface area (Å²) in [5, 5.41) is 14.3. The highest BCUT2D eigenvalue weighted by molar-refractivity contribution is 8.00. The first-order valence-electron chi connectivity index (χ1n) is 8.00. The number of anilines is 1. The van der Waals surface area contributed by atoms with Gasteiger partial charge in [-0.3, -0.25) is 4.79 Å². The van der Waals surface area contributed by atoms with Crippen molar-refractivity contribution in [2.24, 2.45) is 0 Å². The lowest BCUT2D eigenvalue weighted by Gasteiger charge is -2.11. The van der Waals surface area contributed by atoms with Gasteiger partial charge in [-0.25, -0.2) is 4.98 Å². The van der Waals surface area contributed by atoms with Crippen molar-refractivity contribution in [3.8, 4) is 0 Å². The molecule has 0 aliphatic rings. The zero-order chi connectivity index (χ0) is 17.6. The number of aromatic nitrogens is 4. The fraction of sp³-hybridized carbons (Fsp3) is 0.294. The Labute approximate surface area is 154 Å². The third-order valence-corrected chi connectivity index (χ3v) is 5.40. The Morgan fingerprint density at radius 3 is 2.80 bits per heavy atom. The molecule has 3 rings (SSSR count). The van der Waals surface area contributed by atoms with Crippen molar-refractivity contribution in [1.82, 2.24) is 19.7 Å². The Hall–Kier alpha value is -2.19. The van der Waals surface area contributed by atoms with Crippen molar-refractivity contribution in [2.75, 3.05) is 5.32 Å². The van der Waals surface area contributed by atoms with Gasteiger partial charge >= 0.3 is 0 Å². The maximum atomic E-state index is 12.3. The highest BCUT2D eigenvalue weighted by Crippen LogP contribution is 2.24. The molecule has 0 saturated heterocycles. The average molecular weight is 374 g/mol. The molecule has 1 atom stereocenters. The van der Waals surface area contributed by atoms with Crippen LogP contribution in [-0.4, -0.2) is 30.9 Å². The van der Waals surface area contributed by atoms with Crippen LogP contribution in [0.1, 0.15) is 25.2 Å². The molecule has 6 nitrogen and oxygen atoms in total. The molecular formula is C17H19N5OS2. The van der Waals surface area contributed by atoms with Crippen LogP contribution >= 0.6 is 23.1 Å². The molecule has 2 heterocycles. The largest absolute Gasteiger partial charge is 0.306 e. The van der Waals surface area contributed by atoms with Crippen LogP contribution in [0.2, 0.25) is 0 Å². The Morgan fingerprint density at radius 1 is 1.32 bits per heavy atom. The number of thioether (sulfide) groups is 1. The van der Waals surface area contributed by atoms with Gasteiger partial charge in [0, 0.05) is 24.5 Å². The second kappa shape index (κ2) is 8.26. The summed E-state index contributed by atoms with van der Waals surface area (Å²) >= 11 is 2.81. The molecule has 0 fully saturated rings. The van der Waals surface area contributed by atoms with Crippen molar-refractivity contribution in [1.29, 1.82) is 0 Å². The molecule has 1 aromatic carbocycles. The molecule has 1 N–H and O–H groups in total. The molecule has 130 valence electrons. The van der Waals surface area contributed by atoms with Crippen LogP contribution < -0.4 is 5.32 Å². The molecule has 2 aromatic heterocycles. The first-order valence-corrected chi connectivity index (χ1v) is 9.76. The van der Waals surface area contributed by atoms with Gasteiger partial charge in [0.2, 0.25) is 5.91 Å². The van der Waals surface area contributed by atoms with Gasteiger partial charge in [0.1, 0.15) is 5.82 Å². The maximum Gasteiger partial charge on any atom is 0.239 e. The summed E-state index contributed by atoms with van der Waals surface area (Å²) in [6.45, 7) is 4.68. The second-order valence-electron chi connectivity index (χ2n) is 5.39. The fourth-order valence-corrected chi connectivity index (χ4v) is 3.80. The number of hydrogen-bond acceptors (Lipinski definition) is 6. The molecule has 0 saturated carbocycles. The monoisotopic (exact) mass is 373 g/mol. The highest BCUT2D eigenvalue weighted by atomic mass is 32.2. The number of carbonyl (C=O) groups is 1. The summed E-state index contributed by atoms with van der Waals surface area (Å²) in [7, 11) is 0. The Morgan fingerprint density at radius 2 is 2.12 bits per heavy atom. The highest BCUT2D eigenvalue weighted by Gasteiger charge is 2.20. The molecule has 8 heteroatoms. The summed E-state index contributed by atoms with van der Waals surface area (Å²) < 4.78 is 2.06. The van der Waals surface area contributed by atoms with E-state index in [1.807, 2.05) is 30.5 Å². The number of hydrogen-bond donors (Lipinski definition) is 1. The zero-order valence-electron chi connectivity index (χ0n) is 14.0. The Balaban J connectivity index is 1.68. The van der Waals surface area contributed by atoms with E-state index < -0.39 is 0 Å². The van der Waals surface area contributed by atoms with Crippen molar-refractivity contribution >= 4 is 34.1 Å². The van der Waals surface area contributed by atoms with Crippen LogP contribution in [0.3, 0.4) is 0 Å². The van der Waals surface area contributed by atoms with E-state index in [0.717, 1.165) is 23.9 Å². The Kier molecular flexibility index (Phi) is 5.83. The van der Waals surface area contributed by atoms with Crippen LogP contribution in [0, 0.1) is 0 Å². The fourth-order valence-electron chi connectivity index (χ4n) is 2.34. The normalized spacial score (nSPS) is 12.1. The van der Waals surface area contributed by atoms with Gasteiger partial charge in [-0.15, -0.1) is 21.5 Å². The Bertz CT molecular complexity index is 817. The first kappa shape index (κ1) is 17.6. The number of carbonyl (C=O) groups excluding carboxylic acids is 1. The van der Waals surface area contributed by atoms with E-state index in [0.29, 0.717) is 5.13 Å². The topological polar surface area (TPSA) is 72.7 Å². The van der Waals surface area contributed by atoms with Crippen molar-refractivity contribution in [3.63, 3.8) is 0 Å². The van der Waals surface area contributed by atoms with E-state index in [1.165, 1.54) is 28.7 Å². The number of rotatable bonds is 7. The minimum absolute atomic E-state index is 0.0878. The molecule has 3 aromatic rings. The number of nitrogens with one attached hydrogen (secondary N) is 1. The zero-order valence-corrected chi connectivity index (χ0v) is 15.7. The van der Waals surface area contributed by atoms with E-state index in [1.54, 1.807) is 6.20 Å². The summed E-state index contributed by atoms with van der Waals surface area (Å²) in [4.78, 5) is 16.4. The summed E-state index contributed by atoms with van der Waals surface area (Å²) in [5.74, 6) is 0.818. The molecule has 0 aliphatic carbocycles. The third kappa shape index (κ3) is 4.46. The quantitative estimate of drug-likeness (QED) is 0.642. The minimum Gasteiger partial charge on any atom is -0.306 e. The van der Waals surface area contributed by atoms with Crippen molar-refractivity contribution in [2.45, 2.75) is 37.2 Å². The summed E-state index contributed by atoms with van der Waals surface area (Å²) in [6, 6.07) is 10.2. The van der Waals surface area contributed by atoms with Crippen LogP contribution in [-0.2, 0) is 17.8 Å². The number of nitrogens with zero attached hydrogens (tertiary/aromatic N) is 4. The van der Waals surface area contributed by atoms with Gasteiger partial charge in [0.25, 0.3) is 0 Å². The van der Waals surface area contributed by atoms with Gasteiger partial charge in [-0.2, -0.15) is 0 Å². The van der Waals surface area contributed by atoms with E-state index in [2.05, 4.69) is 44.1 Å². The predicted octanol–water partition coefficient (Wildman–Crippen LogP) is 3.46.